The molecule has 0 N–H and O–H groups in total. The Balaban J connectivity index is 2.51. The van der Waals surface area contributed by atoms with Crippen molar-refractivity contribution in [3.8, 4) is 6.07 Å². The van der Waals surface area contributed by atoms with Crippen molar-refractivity contribution < 1.29 is 9.72 Å². The standard InChI is InChI=1S/C16H7Cl3N2O3/c17-11-5-4-9(7-14(11)21(23)24)6-10(8-20)16(22)15-12(18)2-1-3-13(15)19/h1-7H/b10-6+. The van der Waals surface area contributed by atoms with Gasteiger partial charge in [-0.25, -0.2) is 0 Å². The molecule has 2 rings (SSSR count). The van der Waals surface area contributed by atoms with Gasteiger partial charge in [-0.05, 0) is 29.8 Å². The summed E-state index contributed by atoms with van der Waals surface area (Å²) in [6.07, 6.45) is 1.21. The fourth-order valence-corrected chi connectivity index (χ4v) is 2.68. The number of nitro benzene ring substituents is 1. The van der Waals surface area contributed by atoms with Gasteiger partial charge in [-0.2, -0.15) is 5.26 Å². The van der Waals surface area contributed by atoms with Gasteiger partial charge in [0.15, 0.2) is 0 Å². The van der Waals surface area contributed by atoms with Gasteiger partial charge in [-0.1, -0.05) is 46.9 Å². The molecule has 0 saturated heterocycles. The molecule has 0 aliphatic carbocycles. The maximum Gasteiger partial charge on any atom is 0.288 e. The summed E-state index contributed by atoms with van der Waals surface area (Å²) >= 11 is 17.7. The van der Waals surface area contributed by atoms with Gasteiger partial charge in [0.25, 0.3) is 5.69 Å². The van der Waals surface area contributed by atoms with E-state index < -0.39 is 10.7 Å². The van der Waals surface area contributed by atoms with E-state index in [9.17, 15) is 20.2 Å². The highest BCUT2D eigenvalue weighted by Crippen LogP contribution is 2.29. The predicted molar refractivity (Wildman–Crippen MR) is 92.5 cm³/mol. The van der Waals surface area contributed by atoms with Crippen molar-refractivity contribution in [3.05, 3.63) is 78.3 Å². The van der Waals surface area contributed by atoms with E-state index in [-0.39, 0.29) is 37.5 Å². The smallest absolute Gasteiger partial charge is 0.288 e. The number of nitriles is 1. The maximum atomic E-state index is 12.5. The summed E-state index contributed by atoms with van der Waals surface area (Å²) in [6, 6.07) is 10.2. The van der Waals surface area contributed by atoms with Gasteiger partial charge in [0.05, 0.1) is 20.5 Å². The van der Waals surface area contributed by atoms with Crippen molar-refractivity contribution in [1.82, 2.24) is 0 Å². The number of ketones is 1. The molecule has 8 heteroatoms. The molecule has 120 valence electrons. The normalized spacial score (nSPS) is 11.0. The molecular formula is C16H7Cl3N2O3. The van der Waals surface area contributed by atoms with Gasteiger partial charge in [0.2, 0.25) is 5.78 Å². The second-order valence-electron chi connectivity index (χ2n) is 4.56. The van der Waals surface area contributed by atoms with Crippen LogP contribution in [-0.4, -0.2) is 10.7 Å². The lowest BCUT2D eigenvalue weighted by Gasteiger charge is -2.05. The first-order valence-electron chi connectivity index (χ1n) is 6.39. The first kappa shape index (κ1) is 18.0. The van der Waals surface area contributed by atoms with Crippen molar-refractivity contribution in [2.45, 2.75) is 0 Å². The summed E-state index contributed by atoms with van der Waals surface area (Å²) in [4.78, 5) is 22.7. The molecule has 5 nitrogen and oxygen atoms in total. The first-order chi connectivity index (χ1) is 11.3. The summed E-state index contributed by atoms with van der Waals surface area (Å²) in [5.41, 5.74) is -0.316. The highest BCUT2D eigenvalue weighted by Gasteiger charge is 2.19. The molecule has 0 spiro atoms. The van der Waals surface area contributed by atoms with Crippen LogP contribution in [0, 0.1) is 21.4 Å². The van der Waals surface area contributed by atoms with Crippen molar-refractivity contribution >= 4 is 52.3 Å². The molecule has 0 amide bonds. The van der Waals surface area contributed by atoms with Crippen LogP contribution in [0.4, 0.5) is 5.69 Å². The molecule has 0 radical (unpaired) electrons. The summed E-state index contributed by atoms with van der Waals surface area (Å²) in [7, 11) is 0. The van der Waals surface area contributed by atoms with Gasteiger partial charge in [0, 0.05) is 6.07 Å². The van der Waals surface area contributed by atoms with E-state index >= 15 is 0 Å². The Morgan fingerprint density at radius 2 is 1.75 bits per heavy atom. The lowest BCUT2D eigenvalue weighted by molar-refractivity contribution is -0.384. The molecule has 2 aromatic carbocycles. The Bertz CT molecular complexity index is 897. The van der Waals surface area contributed by atoms with Gasteiger partial charge in [-0.3, -0.25) is 14.9 Å². The predicted octanol–water partition coefficient (Wildman–Crippen LogP) is 5.34. The molecule has 0 fully saturated rings. The number of hydrogen-bond acceptors (Lipinski definition) is 4. The van der Waals surface area contributed by atoms with Gasteiger partial charge in [-0.15, -0.1) is 0 Å². The van der Waals surface area contributed by atoms with Crippen LogP contribution < -0.4 is 0 Å². The fraction of sp³-hybridized carbons (Fsp3) is 0. The number of halogens is 3. The van der Waals surface area contributed by atoms with Crippen LogP contribution in [0.1, 0.15) is 15.9 Å². The Morgan fingerprint density at radius 3 is 2.29 bits per heavy atom. The third kappa shape index (κ3) is 3.74. The summed E-state index contributed by atoms with van der Waals surface area (Å²) in [6.45, 7) is 0. The summed E-state index contributed by atoms with van der Waals surface area (Å²) in [5.74, 6) is -0.675. The molecule has 0 atom stereocenters. The molecule has 0 aliphatic heterocycles. The fourth-order valence-electron chi connectivity index (χ4n) is 1.92. The van der Waals surface area contributed by atoms with Crippen LogP contribution >= 0.6 is 34.8 Å². The maximum absolute atomic E-state index is 12.5. The second-order valence-corrected chi connectivity index (χ2v) is 5.79. The van der Waals surface area contributed by atoms with Crippen LogP contribution in [0.25, 0.3) is 6.08 Å². The number of carbonyl (C=O) groups is 1. The molecular weight excluding hydrogens is 375 g/mol. The third-order valence-corrected chi connectivity index (χ3v) is 3.98. The highest BCUT2D eigenvalue weighted by molar-refractivity contribution is 6.41. The lowest BCUT2D eigenvalue weighted by atomic mass is 10.0. The summed E-state index contributed by atoms with van der Waals surface area (Å²) in [5, 5.41) is 20.3. The summed E-state index contributed by atoms with van der Waals surface area (Å²) < 4.78 is 0. The minimum atomic E-state index is -0.675. The van der Waals surface area contributed by atoms with Crippen LogP contribution in [0.3, 0.4) is 0 Å². The van der Waals surface area contributed by atoms with Gasteiger partial charge >= 0.3 is 0 Å². The molecule has 0 saturated carbocycles. The zero-order valence-electron chi connectivity index (χ0n) is 11.8. The van der Waals surface area contributed by atoms with E-state index in [0.29, 0.717) is 0 Å². The quantitative estimate of drug-likeness (QED) is 0.235. The molecule has 24 heavy (non-hydrogen) atoms. The second kappa shape index (κ2) is 7.45. The van der Waals surface area contributed by atoms with E-state index in [1.807, 2.05) is 0 Å². The molecule has 0 aliphatic rings. The minimum absolute atomic E-state index is 0.00269. The minimum Gasteiger partial charge on any atom is -0.288 e. The number of carbonyl (C=O) groups excluding carboxylic acids is 1. The number of Topliss-reactive ketones (excluding diaryl/α,β-unsaturated/α-hetero) is 1. The third-order valence-electron chi connectivity index (χ3n) is 3.03. The van der Waals surface area contributed by atoms with Crippen molar-refractivity contribution in [1.29, 1.82) is 5.26 Å². The average Bonchev–Trinajstić information content (AvgIpc) is 2.53. The van der Waals surface area contributed by atoms with Crippen molar-refractivity contribution in [3.63, 3.8) is 0 Å². The van der Waals surface area contributed by atoms with Crippen molar-refractivity contribution in [2.24, 2.45) is 0 Å². The van der Waals surface area contributed by atoms with E-state index in [2.05, 4.69) is 0 Å². The van der Waals surface area contributed by atoms with Gasteiger partial charge in [0.1, 0.15) is 16.7 Å². The van der Waals surface area contributed by atoms with E-state index in [0.717, 1.165) is 0 Å². The molecule has 0 heterocycles. The van der Waals surface area contributed by atoms with Crippen LogP contribution in [0.15, 0.2) is 42.0 Å². The lowest BCUT2D eigenvalue weighted by Crippen LogP contribution is -2.04. The molecule has 2 aromatic rings. The first-order valence-corrected chi connectivity index (χ1v) is 7.53. The number of allylic oxidation sites excluding steroid dienone is 1. The Labute approximate surface area is 151 Å². The largest absolute Gasteiger partial charge is 0.288 e. The topological polar surface area (TPSA) is 84.0 Å². The zero-order chi connectivity index (χ0) is 17.9. The van der Waals surface area contributed by atoms with Crippen LogP contribution in [0.5, 0.6) is 0 Å². The Morgan fingerprint density at radius 1 is 1.12 bits per heavy atom. The van der Waals surface area contributed by atoms with Gasteiger partial charge < -0.3 is 0 Å². The number of rotatable bonds is 4. The zero-order valence-corrected chi connectivity index (χ0v) is 14.1. The molecule has 0 aromatic heterocycles. The molecule has 0 unspecified atom stereocenters. The highest BCUT2D eigenvalue weighted by atomic mass is 35.5. The number of nitrogens with zero attached hydrogens (tertiary/aromatic N) is 2. The van der Waals surface area contributed by atoms with E-state index in [1.54, 1.807) is 12.1 Å². The average molecular weight is 382 g/mol. The van der Waals surface area contributed by atoms with Crippen molar-refractivity contribution in [2.75, 3.05) is 0 Å². The monoisotopic (exact) mass is 380 g/mol. The number of hydrogen-bond donors (Lipinski definition) is 0. The van der Waals surface area contributed by atoms with E-state index in [1.165, 1.54) is 36.4 Å². The Hall–Kier alpha value is -2.39. The number of benzene rings is 2. The molecule has 0 bridgehead atoms. The Kier molecular flexibility index (Phi) is 5.58. The van der Waals surface area contributed by atoms with E-state index in [4.69, 9.17) is 34.8 Å². The number of nitro groups is 1. The van der Waals surface area contributed by atoms with Crippen LogP contribution in [-0.2, 0) is 0 Å². The SMILES string of the molecule is N#C/C(=C\c1ccc(Cl)c([N+](=O)[O-])c1)C(=O)c1c(Cl)cccc1Cl. The van der Waals surface area contributed by atoms with Crippen LogP contribution in [0.2, 0.25) is 15.1 Å².